The van der Waals surface area contributed by atoms with Crippen molar-refractivity contribution >= 4 is 23.4 Å². The van der Waals surface area contributed by atoms with Crippen LogP contribution in [0.3, 0.4) is 0 Å². The lowest BCUT2D eigenvalue weighted by atomic mass is 10.1. The molecule has 0 amide bonds. The summed E-state index contributed by atoms with van der Waals surface area (Å²) in [6, 6.07) is 15.8. The van der Waals surface area contributed by atoms with Crippen molar-refractivity contribution < 1.29 is 4.74 Å². The third kappa shape index (κ3) is 4.35. The molecule has 0 N–H and O–H groups in total. The third-order valence-electron chi connectivity index (χ3n) is 3.92. The van der Waals surface area contributed by atoms with Gasteiger partial charge in [0.05, 0.1) is 5.02 Å². The van der Waals surface area contributed by atoms with Crippen LogP contribution in [0.1, 0.15) is 23.9 Å². The first-order chi connectivity index (χ1) is 12.2. The van der Waals surface area contributed by atoms with Crippen molar-refractivity contribution in [2.45, 2.75) is 37.9 Å². The van der Waals surface area contributed by atoms with Gasteiger partial charge in [-0.1, -0.05) is 59.8 Å². The summed E-state index contributed by atoms with van der Waals surface area (Å²) in [6.07, 6.45) is 0. The molecule has 0 saturated carbocycles. The van der Waals surface area contributed by atoms with E-state index >= 15 is 0 Å². The topological polar surface area (TPSA) is 39.9 Å². The van der Waals surface area contributed by atoms with Gasteiger partial charge >= 0.3 is 0 Å². The molecule has 0 radical (unpaired) electrons. The molecule has 6 heteroatoms. The van der Waals surface area contributed by atoms with E-state index < -0.39 is 0 Å². The highest BCUT2D eigenvalue weighted by molar-refractivity contribution is 7.98. The molecule has 0 unspecified atom stereocenters. The molecule has 2 aromatic carbocycles. The average Bonchev–Trinajstić information content (AvgIpc) is 3.02. The molecule has 0 aliphatic carbocycles. The fourth-order valence-corrected chi connectivity index (χ4v) is 3.76. The Bertz CT molecular complexity index is 783. The second kappa shape index (κ2) is 8.41. The summed E-state index contributed by atoms with van der Waals surface area (Å²) in [7, 11) is 0. The number of nitrogens with zero attached hydrogens (tertiary/aromatic N) is 3. The van der Waals surface area contributed by atoms with Crippen molar-refractivity contribution in [1.29, 1.82) is 0 Å². The Morgan fingerprint density at radius 2 is 1.84 bits per heavy atom. The number of hydrogen-bond acceptors (Lipinski definition) is 4. The Balaban J connectivity index is 1.68. The minimum Gasteiger partial charge on any atom is -0.484 e. The van der Waals surface area contributed by atoms with Crippen LogP contribution >= 0.6 is 23.4 Å². The van der Waals surface area contributed by atoms with Crippen LogP contribution in [0.5, 0.6) is 5.75 Å². The highest BCUT2D eigenvalue weighted by atomic mass is 35.5. The van der Waals surface area contributed by atoms with Crippen molar-refractivity contribution in [3.05, 3.63) is 70.5 Å². The fourth-order valence-electron chi connectivity index (χ4n) is 2.47. The van der Waals surface area contributed by atoms with Gasteiger partial charge in [0.25, 0.3) is 0 Å². The van der Waals surface area contributed by atoms with Crippen molar-refractivity contribution in [3.63, 3.8) is 0 Å². The van der Waals surface area contributed by atoms with E-state index in [0.717, 1.165) is 23.3 Å². The Morgan fingerprint density at radius 1 is 1.08 bits per heavy atom. The van der Waals surface area contributed by atoms with Crippen LogP contribution in [-0.4, -0.2) is 14.8 Å². The summed E-state index contributed by atoms with van der Waals surface area (Å²) in [6.45, 7) is 5.35. The molecule has 130 valence electrons. The number of ether oxygens (including phenoxy) is 1. The van der Waals surface area contributed by atoms with E-state index in [1.165, 1.54) is 11.1 Å². The van der Waals surface area contributed by atoms with E-state index in [4.69, 9.17) is 16.3 Å². The van der Waals surface area contributed by atoms with Crippen molar-refractivity contribution in [3.8, 4) is 5.75 Å². The van der Waals surface area contributed by atoms with E-state index in [-0.39, 0.29) is 0 Å². The number of thioether (sulfide) groups is 1. The number of aryl methyl sites for hydroxylation is 1. The number of para-hydroxylation sites is 1. The number of rotatable bonds is 7. The lowest BCUT2D eigenvalue weighted by Gasteiger charge is -2.10. The molecule has 0 aliphatic rings. The average molecular weight is 374 g/mol. The first-order valence-corrected chi connectivity index (χ1v) is 9.52. The number of hydrogen-bond donors (Lipinski definition) is 0. The van der Waals surface area contributed by atoms with E-state index in [1.54, 1.807) is 11.8 Å². The van der Waals surface area contributed by atoms with Crippen molar-refractivity contribution in [2.24, 2.45) is 0 Å². The van der Waals surface area contributed by atoms with E-state index in [2.05, 4.69) is 52.9 Å². The molecule has 0 atom stereocenters. The molecule has 25 heavy (non-hydrogen) atoms. The van der Waals surface area contributed by atoms with Gasteiger partial charge in [0.15, 0.2) is 11.0 Å². The predicted octanol–water partition coefficient (Wildman–Crippen LogP) is 5.13. The van der Waals surface area contributed by atoms with Gasteiger partial charge in [-0.3, -0.25) is 0 Å². The van der Waals surface area contributed by atoms with Gasteiger partial charge in [0.1, 0.15) is 12.4 Å². The van der Waals surface area contributed by atoms with Crippen LogP contribution in [0.4, 0.5) is 0 Å². The maximum absolute atomic E-state index is 6.13. The second-order valence-electron chi connectivity index (χ2n) is 5.58. The van der Waals surface area contributed by atoms with Crippen LogP contribution in [0, 0.1) is 6.92 Å². The van der Waals surface area contributed by atoms with Crippen molar-refractivity contribution in [1.82, 2.24) is 14.8 Å². The number of benzene rings is 2. The van der Waals surface area contributed by atoms with Gasteiger partial charge in [-0.15, -0.1) is 10.2 Å². The Labute approximate surface area is 157 Å². The molecular weight excluding hydrogens is 354 g/mol. The highest BCUT2D eigenvalue weighted by Gasteiger charge is 2.13. The molecule has 4 nitrogen and oxygen atoms in total. The minimum absolute atomic E-state index is 0.343. The van der Waals surface area contributed by atoms with Gasteiger partial charge in [0, 0.05) is 12.3 Å². The molecular formula is C19H20ClN3OS. The zero-order chi connectivity index (χ0) is 17.6. The summed E-state index contributed by atoms with van der Waals surface area (Å²) < 4.78 is 7.88. The summed E-state index contributed by atoms with van der Waals surface area (Å²) >= 11 is 7.82. The van der Waals surface area contributed by atoms with Gasteiger partial charge in [-0.05, 0) is 37.1 Å². The predicted molar refractivity (Wildman–Crippen MR) is 102 cm³/mol. The summed E-state index contributed by atoms with van der Waals surface area (Å²) in [5.74, 6) is 2.33. The third-order valence-corrected chi connectivity index (χ3v) is 5.25. The van der Waals surface area contributed by atoms with Crippen LogP contribution < -0.4 is 4.74 Å². The minimum atomic E-state index is 0.343. The summed E-state index contributed by atoms with van der Waals surface area (Å²) in [5.41, 5.74) is 2.60. The van der Waals surface area contributed by atoms with Gasteiger partial charge in [0.2, 0.25) is 0 Å². The molecule has 0 aliphatic heterocycles. The van der Waals surface area contributed by atoms with E-state index in [9.17, 15) is 0 Å². The number of halogens is 1. The van der Waals surface area contributed by atoms with Crippen molar-refractivity contribution in [2.75, 3.05) is 0 Å². The maximum Gasteiger partial charge on any atom is 0.191 e. The van der Waals surface area contributed by atoms with Gasteiger partial charge in [-0.25, -0.2) is 0 Å². The normalized spacial score (nSPS) is 10.8. The Morgan fingerprint density at radius 3 is 2.60 bits per heavy atom. The molecule has 0 fully saturated rings. The van der Waals surface area contributed by atoms with E-state index in [1.807, 2.05) is 24.3 Å². The van der Waals surface area contributed by atoms with Crippen LogP contribution in [0.2, 0.25) is 5.02 Å². The van der Waals surface area contributed by atoms with Crippen LogP contribution in [0.25, 0.3) is 0 Å². The number of aromatic nitrogens is 3. The molecule has 1 heterocycles. The zero-order valence-electron chi connectivity index (χ0n) is 14.3. The van der Waals surface area contributed by atoms with Gasteiger partial charge in [-0.2, -0.15) is 0 Å². The quantitative estimate of drug-likeness (QED) is 0.538. The van der Waals surface area contributed by atoms with E-state index in [0.29, 0.717) is 17.4 Å². The largest absolute Gasteiger partial charge is 0.484 e. The summed E-state index contributed by atoms with van der Waals surface area (Å²) in [4.78, 5) is 0. The first-order valence-electron chi connectivity index (χ1n) is 8.15. The SMILES string of the molecule is CCn1c(COc2ccccc2Cl)nnc1SCc1ccccc1C. The second-order valence-corrected chi connectivity index (χ2v) is 6.93. The molecule has 3 aromatic rings. The molecule has 0 spiro atoms. The molecule has 1 aromatic heterocycles. The lowest BCUT2D eigenvalue weighted by Crippen LogP contribution is -2.07. The molecule has 0 saturated heterocycles. The first kappa shape index (κ1) is 17.8. The Kier molecular flexibility index (Phi) is 6.00. The van der Waals surface area contributed by atoms with Crippen LogP contribution in [0.15, 0.2) is 53.7 Å². The lowest BCUT2D eigenvalue weighted by molar-refractivity contribution is 0.288. The molecule has 0 bridgehead atoms. The Hall–Kier alpha value is -1.98. The monoisotopic (exact) mass is 373 g/mol. The zero-order valence-corrected chi connectivity index (χ0v) is 15.8. The smallest absolute Gasteiger partial charge is 0.191 e. The molecule has 3 rings (SSSR count). The van der Waals surface area contributed by atoms with Crippen LogP contribution in [-0.2, 0) is 18.9 Å². The summed E-state index contributed by atoms with van der Waals surface area (Å²) in [5, 5.41) is 10.1. The van der Waals surface area contributed by atoms with Gasteiger partial charge < -0.3 is 9.30 Å². The maximum atomic E-state index is 6.13. The highest BCUT2D eigenvalue weighted by Crippen LogP contribution is 2.26. The standard InChI is InChI=1S/C19H20ClN3OS/c1-3-23-18(12-24-17-11-7-6-10-16(17)20)21-22-19(23)25-13-15-9-5-4-8-14(15)2/h4-11H,3,12-13H2,1-2H3. The fraction of sp³-hybridized carbons (Fsp3) is 0.263.